The molecule has 2 nitrogen and oxygen atoms in total. The summed E-state index contributed by atoms with van der Waals surface area (Å²) in [6.07, 6.45) is 1.06. The highest BCUT2D eigenvalue weighted by molar-refractivity contribution is 4.12. The van der Waals surface area contributed by atoms with Crippen LogP contribution in [0.15, 0.2) is 0 Å². The number of rotatable bonds is 2. The van der Waals surface area contributed by atoms with Gasteiger partial charge in [0.2, 0.25) is 0 Å². The minimum Gasteiger partial charge on any atom is -1.00 e. The topological polar surface area (TPSA) is 36.9 Å². The van der Waals surface area contributed by atoms with Gasteiger partial charge >= 0.3 is 0 Å². The molecule has 0 saturated carbocycles. The van der Waals surface area contributed by atoms with Crippen molar-refractivity contribution in [2.24, 2.45) is 0 Å². The Bertz CT molecular complexity index is 18.3. The predicted molar refractivity (Wildman–Crippen MR) is 19.1 cm³/mol. The highest BCUT2D eigenvalue weighted by atomic mass is 35.5. The molecule has 0 fully saturated rings. The number of hydrogen-bond donors (Lipinski definition) is 1. The summed E-state index contributed by atoms with van der Waals surface area (Å²) in [5.41, 5.74) is 0. The van der Waals surface area contributed by atoms with Crippen LogP contribution in [-0.4, -0.2) is 6.61 Å². The zero-order valence-electron chi connectivity index (χ0n) is 3.91. The summed E-state index contributed by atoms with van der Waals surface area (Å²) in [7, 11) is 0. The molecule has 0 amide bonds. The fourth-order valence-corrected chi connectivity index (χ4v) is 0.144. The fraction of sp³-hybridized carbons (Fsp3) is 1.00. The average molecular weight is 112 g/mol. The van der Waals surface area contributed by atoms with Crippen LogP contribution < -0.4 is 18.3 Å². The van der Waals surface area contributed by atoms with Crippen LogP contribution in [0, 0.1) is 0 Å². The minimum absolute atomic E-state index is 0. The molecule has 0 saturated heterocycles. The Morgan fingerprint density at radius 1 is 1.67 bits per heavy atom. The molecule has 0 aliphatic carbocycles. The third kappa shape index (κ3) is 8.88. The second-order valence-corrected chi connectivity index (χ2v) is 0.908. The van der Waals surface area contributed by atoms with Crippen LogP contribution in [0.25, 0.3) is 0 Å². The molecule has 0 radical (unpaired) electrons. The molecule has 0 aromatic rings. The van der Waals surface area contributed by atoms with E-state index < -0.39 is 0 Å². The Balaban J connectivity index is 0. The van der Waals surface area contributed by atoms with Gasteiger partial charge in [0.15, 0.2) is 0 Å². The summed E-state index contributed by atoms with van der Waals surface area (Å²) in [5.74, 6) is 3.18. The van der Waals surface area contributed by atoms with E-state index in [9.17, 15) is 0 Å². The maximum absolute atomic E-state index is 4.44. The second kappa shape index (κ2) is 8.96. The molecule has 0 heterocycles. The van der Waals surface area contributed by atoms with Gasteiger partial charge in [0.05, 0.1) is 0 Å². The lowest BCUT2D eigenvalue weighted by molar-refractivity contribution is -0.689. The summed E-state index contributed by atoms with van der Waals surface area (Å²) in [6, 6.07) is 0. The van der Waals surface area contributed by atoms with Gasteiger partial charge < -0.3 is 12.4 Å². The molecular formula is C3H10ClNO. The van der Waals surface area contributed by atoms with E-state index in [1.807, 2.05) is 6.92 Å². The normalized spacial score (nSPS) is 7.00. The predicted octanol–water partition coefficient (Wildman–Crippen LogP) is -3.43. The van der Waals surface area contributed by atoms with Crippen molar-refractivity contribution in [2.45, 2.75) is 13.3 Å². The fourth-order valence-electron chi connectivity index (χ4n) is 0.144. The van der Waals surface area contributed by atoms with Crippen molar-refractivity contribution in [3.8, 4) is 0 Å². The largest absolute Gasteiger partial charge is 1.00 e. The molecule has 3 N–H and O–H groups in total. The van der Waals surface area contributed by atoms with E-state index in [0.717, 1.165) is 13.0 Å². The van der Waals surface area contributed by atoms with Gasteiger partial charge in [-0.05, 0) is 6.42 Å². The lowest BCUT2D eigenvalue weighted by Gasteiger charge is -1.79. The van der Waals surface area contributed by atoms with Crippen molar-refractivity contribution in [1.29, 1.82) is 0 Å². The van der Waals surface area contributed by atoms with Gasteiger partial charge in [0, 0.05) is 0 Å². The van der Waals surface area contributed by atoms with Gasteiger partial charge in [-0.1, -0.05) is 6.92 Å². The van der Waals surface area contributed by atoms with Crippen molar-refractivity contribution in [2.75, 3.05) is 6.61 Å². The maximum atomic E-state index is 4.44. The van der Waals surface area contributed by atoms with E-state index in [1.54, 1.807) is 0 Å². The molecule has 0 atom stereocenters. The molecule has 40 valence electrons. The van der Waals surface area contributed by atoms with Crippen LogP contribution >= 0.6 is 0 Å². The summed E-state index contributed by atoms with van der Waals surface area (Å²) in [5, 5.41) is 0. The Labute approximate surface area is 44.0 Å². The van der Waals surface area contributed by atoms with Gasteiger partial charge in [0.25, 0.3) is 0 Å². The third-order valence-electron chi connectivity index (χ3n) is 0.348. The lowest BCUT2D eigenvalue weighted by atomic mass is 10.5. The molecule has 0 aromatic carbocycles. The highest BCUT2D eigenvalue weighted by Crippen LogP contribution is 1.66. The molecule has 0 aliphatic heterocycles. The first kappa shape index (κ1) is 9.51. The SMILES string of the molecule is CCCO[NH3+].[Cl-]. The highest BCUT2D eigenvalue weighted by Gasteiger charge is 1.70. The van der Waals surface area contributed by atoms with Crippen molar-refractivity contribution in [1.82, 2.24) is 0 Å². The number of halogens is 1. The lowest BCUT2D eigenvalue weighted by Crippen LogP contribution is -3.00. The van der Waals surface area contributed by atoms with E-state index in [2.05, 4.69) is 10.7 Å². The number of quaternary nitrogens is 1. The second-order valence-electron chi connectivity index (χ2n) is 0.908. The molecule has 0 spiro atoms. The van der Waals surface area contributed by atoms with Crippen molar-refractivity contribution >= 4 is 0 Å². The van der Waals surface area contributed by atoms with E-state index in [1.165, 1.54) is 0 Å². The molecule has 0 bridgehead atoms. The zero-order valence-corrected chi connectivity index (χ0v) is 4.66. The van der Waals surface area contributed by atoms with Crippen LogP contribution in [0.2, 0.25) is 0 Å². The smallest absolute Gasteiger partial charge is 0.106 e. The Morgan fingerprint density at radius 2 is 2.17 bits per heavy atom. The summed E-state index contributed by atoms with van der Waals surface area (Å²) in [6.45, 7) is 2.82. The Morgan fingerprint density at radius 3 is 2.17 bits per heavy atom. The first-order chi connectivity index (χ1) is 2.41. The van der Waals surface area contributed by atoms with Crippen LogP contribution in [0.4, 0.5) is 0 Å². The summed E-state index contributed by atoms with van der Waals surface area (Å²) >= 11 is 0. The quantitative estimate of drug-likeness (QED) is 0.370. The molecule has 3 heteroatoms. The van der Waals surface area contributed by atoms with E-state index >= 15 is 0 Å². The zero-order chi connectivity index (χ0) is 4.12. The molecule has 0 aromatic heterocycles. The van der Waals surface area contributed by atoms with Crippen molar-refractivity contribution in [3.05, 3.63) is 0 Å². The van der Waals surface area contributed by atoms with Gasteiger partial charge in [0.1, 0.15) is 6.61 Å². The molecule has 0 rings (SSSR count). The molecule has 6 heavy (non-hydrogen) atoms. The average Bonchev–Trinajstić information content (AvgIpc) is 1.41. The monoisotopic (exact) mass is 111 g/mol. The van der Waals surface area contributed by atoms with Crippen molar-refractivity contribution < 1.29 is 23.1 Å². The van der Waals surface area contributed by atoms with Gasteiger partial charge in [-0.3, -0.25) is 0 Å². The van der Waals surface area contributed by atoms with Gasteiger partial charge in [-0.15, -0.1) is 0 Å². The van der Waals surface area contributed by atoms with E-state index in [0.29, 0.717) is 0 Å². The van der Waals surface area contributed by atoms with E-state index in [-0.39, 0.29) is 12.4 Å². The Hall–Kier alpha value is 0.210. The standard InChI is InChI=1S/C3H10NO.ClH/c1-2-3-5-4;/h2-3H2,1,4H3;1H/q+1;/p-1. The maximum Gasteiger partial charge on any atom is 0.106 e. The summed E-state index contributed by atoms with van der Waals surface area (Å²) < 4.78 is 0. The van der Waals surface area contributed by atoms with Crippen LogP contribution in [0.1, 0.15) is 13.3 Å². The van der Waals surface area contributed by atoms with Gasteiger partial charge in [-0.2, -0.15) is 0 Å². The minimum atomic E-state index is 0. The molecule has 0 aliphatic rings. The number of hydrogen-bond acceptors (Lipinski definition) is 1. The molecule has 0 unspecified atom stereocenters. The Kier molecular flexibility index (Phi) is 14.2. The summed E-state index contributed by atoms with van der Waals surface area (Å²) in [4.78, 5) is 4.44. The first-order valence-corrected chi connectivity index (χ1v) is 1.78. The first-order valence-electron chi connectivity index (χ1n) is 1.78. The van der Waals surface area contributed by atoms with Crippen LogP contribution in [0.3, 0.4) is 0 Å². The molecular weight excluding hydrogens is 101 g/mol. The van der Waals surface area contributed by atoms with E-state index in [4.69, 9.17) is 0 Å². The van der Waals surface area contributed by atoms with Crippen molar-refractivity contribution in [3.63, 3.8) is 0 Å². The van der Waals surface area contributed by atoms with Crippen LogP contribution in [0.5, 0.6) is 0 Å². The van der Waals surface area contributed by atoms with Crippen LogP contribution in [-0.2, 0) is 4.84 Å². The van der Waals surface area contributed by atoms with Gasteiger partial charge in [-0.25, -0.2) is 10.7 Å². The third-order valence-corrected chi connectivity index (χ3v) is 0.348.